The van der Waals surface area contributed by atoms with Crippen molar-refractivity contribution in [2.24, 2.45) is 0 Å². The van der Waals surface area contributed by atoms with Crippen LogP contribution in [0.25, 0.3) is 0 Å². The van der Waals surface area contributed by atoms with Gasteiger partial charge < -0.3 is 10.1 Å². The summed E-state index contributed by atoms with van der Waals surface area (Å²) in [6, 6.07) is 16.9. The Labute approximate surface area is 126 Å². The maximum absolute atomic E-state index is 11.8. The molecule has 2 aromatic carbocycles. The first kappa shape index (κ1) is 13.9. The van der Waals surface area contributed by atoms with Gasteiger partial charge in [0.25, 0.3) is 0 Å². The minimum atomic E-state index is -0.446. The molecule has 0 saturated carbocycles. The highest BCUT2D eigenvalue weighted by Gasteiger charge is 2.13. The monoisotopic (exact) mass is 367 g/mol. The van der Waals surface area contributed by atoms with Gasteiger partial charge in [-0.3, -0.25) is 0 Å². The average Bonchev–Trinajstić information content (AvgIpc) is 2.40. The maximum atomic E-state index is 11.8. The topological polar surface area (TPSA) is 38.3 Å². The molecule has 0 radical (unpaired) electrons. The molecule has 3 nitrogen and oxygen atoms in total. The molecule has 0 aliphatic carbocycles. The van der Waals surface area contributed by atoms with Crippen molar-refractivity contribution in [2.45, 2.75) is 13.0 Å². The Morgan fingerprint density at radius 2 is 1.74 bits per heavy atom. The average molecular weight is 367 g/mol. The van der Waals surface area contributed by atoms with Crippen LogP contribution in [0.3, 0.4) is 0 Å². The zero-order chi connectivity index (χ0) is 13.7. The number of hydrogen-bond donors (Lipinski definition) is 1. The van der Waals surface area contributed by atoms with Crippen LogP contribution < -0.4 is 10.1 Å². The Morgan fingerprint density at radius 3 is 2.42 bits per heavy atom. The number of benzene rings is 2. The van der Waals surface area contributed by atoms with Crippen molar-refractivity contribution < 1.29 is 9.53 Å². The van der Waals surface area contributed by atoms with E-state index in [-0.39, 0.29) is 6.04 Å². The normalized spacial score (nSPS) is 11.7. The number of hydrogen-bond acceptors (Lipinski definition) is 2. The van der Waals surface area contributed by atoms with E-state index in [9.17, 15) is 4.79 Å². The fourth-order valence-electron chi connectivity index (χ4n) is 1.71. The quantitative estimate of drug-likeness (QED) is 0.829. The first-order chi connectivity index (χ1) is 9.16. The SMILES string of the molecule is CC(NC(=O)Oc1ccccc1)c1ccccc1I. The summed E-state index contributed by atoms with van der Waals surface area (Å²) in [5.74, 6) is 0.537. The Hall–Kier alpha value is -1.56. The van der Waals surface area contributed by atoms with Crippen LogP contribution in [0.2, 0.25) is 0 Å². The van der Waals surface area contributed by atoms with E-state index in [1.165, 1.54) is 0 Å². The largest absolute Gasteiger partial charge is 0.413 e. The molecule has 0 bridgehead atoms. The molecule has 1 atom stereocenters. The van der Waals surface area contributed by atoms with E-state index >= 15 is 0 Å². The fraction of sp³-hybridized carbons (Fsp3) is 0.133. The summed E-state index contributed by atoms with van der Waals surface area (Å²) in [5.41, 5.74) is 1.08. The predicted molar refractivity (Wildman–Crippen MR) is 83.2 cm³/mol. The van der Waals surface area contributed by atoms with Crippen LogP contribution in [0, 0.1) is 3.57 Å². The number of rotatable bonds is 3. The van der Waals surface area contributed by atoms with E-state index in [0.717, 1.165) is 9.13 Å². The van der Waals surface area contributed by atoms with Gasteiger partial charge in [0, 0.05) is 3.57 Å². The van der Waals surface area contributed by atoms with Crippen molar-refractivity contribution in [3.05, 3.63) is 63.7 Å². The van der Waals surface area contributed by atoms with E-state index in [1.54, 1.807) is 12.1 Å². The molecule has 2 aromatic rings. The molecular formula is C15H14INO2. The van der Waals surface area contributed by atoms with Crippen LogP contribution in [-0.4, -0.2) is 6.09 Å². The second-order valence-corrected chi connectivity index (χ2v) is 5.25. The van der Waals surface area contributed by atoms with Crippen molar-refractivity contribution in [1.29, 1.82) is 0 Å². The van der Waals surface area contributed by atoms with E-state index in [4.69, 9.17) is 4.74 Å². The summed E-state index contributed by atoms with van der Waals surface area (Å²) in [5, 5.41) is 2.82. The van der Waals surface area contributed by atoms with Gasteiger partial charge >= 0.3 is 6.09 Å². The minimum absolute atomic E-state index is 0.0932. The molecule has 0 spiro atoms. The Morgan fingerprint density at radius 1 is 1.11 bits per heavy atom. The molecule has 0 fully saturated rings. The van der Waals surface area contributed by atoms with E-state index < -0.39 is 6.09 Å². The first-order valence-electron chi connectivity index (χ1n) is 5.94. The smallest absolute Gasteiger partial charge is 0.410 e. The molecule has 1 N–H and O–H groups in total. The van der Waals surface area contributed by atoms with Crippen LogP contribution in [0.15, 0.2) is 54.6 Å². The Balaban J connectivity index is 1.98. The summed E-state index contributed by atoms with van der Waals surface area (Å²) in [7, 11) is 0. The summed E-state index contributed by atoms with van der Waals surface area (Å²) in [4.78, 5) is 11.8. The summed E-state index contributed by atoms with van der Waals surface area (Å²) in [6.45, 7) is 1.93. The highest BCUT2D eigenvalue weighted by Crippen LogP contribution is 2.19. The zero-order valence-electron chi connectivity index (χ0n) is 10.5. The van der Waals surface area contributed by atoms with E-state index in [0.29, 0.717) is 5.75 Å². The molecule has 19 heavy (non-hydrogen) atoms. The van der Waals surface area contributed by atoms with Gasteiger partial charge in [0.05, 0.1) is 6.04 Å². The molecule has 0 aromatic heterocycles. The molecular weight excluding hydrogens is 353 g/mol. The highest BCUT2D eigenvalue weighted by atomic mass is 127. The lowest BCUT2D eigenvalue weighted by atomic mass is 10.1. The number of nitrogens with one attached hydrogen (secondary N) is 1. The van der Waals surface area contributed by atoms with Crippen molar-refractivity contribution >= 4 is 28.7 Å². The van der Waals surface area contributed by atoms with Crippen molar-refractivity contribution in [1.82, 2.24) is 5.32 Å². The number of carbonyl (C=O) groups excluding carboxylic acids is 1. The zero-order valence-corrected chi connectivity index (χ0v) is 12.6. The third-order valence-corrected chi connectivity index (χ3v) is 3.64. The van der Waals surface area contributed by atoms with Gasteiger partial charge in [-0.2, -0.15) is 0 Å². The lowest BCUT2D eigenvalue weighted by Gasteiger charge is -2.15. The molecule has 1 unspecified atom stereocenters. The molecule has 1 amide bonds. The van der Waals surface area contributed by atoms with E-state index in [2.05, 4.69) is 27.9 Å². The van der Waals surface area contributed by atoms with Crippen LogP contribution in [0.4, 0.5) is 4.79 Å². The Kier molecular flexibility index (Phi) is 4.79. The lowest BCUT2D eigenvalue weighted by Crippen LogP contribution is -2.29. The van der Waals surface area contributed by atoms with E-state index in [1.807, 2.05) is 49.4 Å². The third kappa shape index (κ3) is 3.96. The van der Waals surface area contributed by atoms with Gasteiger partial charge in [-0.15, -0.1) is 0 Å². The second kappa shape index (κ2) is 6.56. The van der Waals surface area contributed by atoms with Crippen molar-refractivity contribution in [3.63, 3.8) is 0 Å². The van der Waals surface area contributed by atoms with Gasteiger partial charge in [0.2, 0.25) is 0 Å². The van der Waals surface area contributed by atoms with Gasteiger partial charge in [-0.05, 0) is 53.3 Å². The van der Waals surface area contributed by atoms with Gasteiger partial charge in [-0.1, -0.05) is 36.4 Å². The van der Waals surface area contributed by atoms with Crippen LogP contribution in [0.1, 0.15) is 18.5 Å². The Bertz CT molecular complexity index is 557. The third-order valence-electron chi connectivity index (χ3n) is 2.66. The number of amides is 1. The number of para-hydroxylation sites is 1. The standard InChI is InChI=1S/C15H14INO2/c1-11(13-9-5-6-10-14(13)16)17-15(18)19-12-7-3-2-4-8-12/h2-11H,1H3,(H,17,18). The lowest BCUT2D eigenvalue weighted by molar-refractivity contribution is 0.197. The van der Waals surface area contributed by atoms with Crippen molar-refractivity contribution in [3.8, 4) is 5.75 Å². The molecule has 0 saturated heterocycles. The molecule has 0 heterocycles. The van der Waals surface area contributed by atoms with Crippen LogP contribution in [-0.2, 0) is 0 Å². The molecule has 98 valence electrons. The number of carbonyl (C=O) groups is 1. The maximum Gasteiger partial charge on any atom is 0.413 e. The molecule has 4 heteroatoms. The van der Waals surface area contributed by atoms with Crippen LogP contribution >= 0.6 is 22.6 Å². The predicted octanol–water partition coefficient (Wildman–Crippen LogP) is 4.14. The number of ether oxygens (including phenoxy) is 1. The minimum Gasteiger partial charge on any atom is -0.410 e. The molecule has 0 aliphatic heterocycles. The molecule has 0 aliphatic rings. The fourth-order valence-corrected chi connectivity index (χ4v) is 2.56. The number of halogens is 1. The van der Waals surface area contributed by atoms with Gasteiger partial charge in [0.15, 0.2) is 0 Å². The summed E-state index contributed by atoms with van der Waals surface area (Å²) in [6.07, 6.45) is -0.446. The summed E-state index contributed by atoms with van der Waals surface area (Å²) >= 11 is 2.25. The molecule has 2 rings (SSSR count). The second-order valence-electron chi connectivity index (χ2n) is 4.09. The highest BCUT2D eigenvalue weighted by molar-refractivity contribution is 14.1. The van der Waals surface area contributed by atoms with Gasteiger partial charge in [-0.25, -0.2) is 4.79 Å². The van der Waals surface area contributed by atoms with Gasteiger partial charge in [0.1, 0.15) is 5.75 Å². The summed E-state index contributed by atoms with van der Waals surface area (Å²) < 4.78 is 6.31. The van der Waals surface area contributed by atoms with Crippen LogP contribution in [0.5, 0.6) is 5.75 Å². The first-order valence-corrected chi connectivity index (χ1v) is 7.02. The van der Waals surface area contributed by atoms with Crippen molar-refractivity contribution in [2.75, 3.05) is 0 Å².